The molecule has 4 heteroatoms. The monoisotopic (exact) mass is 332 g/mol. The van der Waals surface area contributed by atoms with E-state index in [-0.39, 0.29) is 18.2 Å². The van der Waals surface area contributed by atoms with Crippen molar-refractivity contribution >= 4 is 5.97 Å². The molecule has 0 spiro atoms. The lowest BCUT2D eigenvalue weighted by molar-refractivity contribution is -0.0174. The summed E-state index contributed by atoms with van der Waals surface area (Å²) in [5, 5.41) is 0. The molecule has 4 nitrogen and oxygen atoms in total. The number of rotatable bonds is 6. The van der Waals surface area contributed by atoms with Crippen LogP contribution >= 0.6 is 0 Å². The van der Waals surface area contributed by atoms with E-state index in [1.807, 2.05) is 12.1 Å². The number of benzene rings is 1. The highest BCUT2D eigenvalue weighted by Gasteiger charge is 2.33. The first-order valence-corrected chi connectivity index (χ1v) is 9.08. The lowest BCUT2D eigenvalue weighted by Crippen LogP contribution is -2.35. The van der Waals surface area contributed by atoms with Crippen molar-refractivity contribution in [1.82, 2.24) is 0 Å². The van der Waals surface area contributed by atoms with Gasteiger partial charge in [-0.05, 0) is 54.9 Å². The normalized spacial score (nSPS) is 29.3. The molecule has 24 heavy (non-hydrogen) atoms. The van der Waals surface area contributed by atoms with Gasteiger partial charge >= 0.3 is 5.97 Å². The summed E-state index contributed by atoms with van der Waals surface area (Å²) in [5.41, 5.74) is 0.589. The molecule has 3 rings (SSSR count). The SMILES string of the molecule is CC(C)[C@@H]1CC[C@@H](C)C[C@H]1OC(=O)c1ccc(OCC2CO2)cc1. The molecule has 1 heterocycles. The molecule has 2 aliphatic rings. The maximum atomic E-state index is 12.5. The third-order valence-electron chi connectivity index (χ3n) is 5.15. The van der Waals surface area contributed by atoms with Crippen molar-refractivity contribution in [1.29, 1.82) is 0 Å². The van der Waals surface area contributed by atoms with Crippen molar-refractivity contribution in [3.05, 3.63) is 29.8 Å². The molecule has 0 aromatic heterocycles. The Balaban J connectivity index is 1.58. The third kappa shape index (κ3) is 4.50. The van der Waals surface area contributed by atoms with Gasteiger partial charge in [-0.15, -0.1) is 0 Å². The fourth-order valence-corrected chi connectivity index (χ4v) is 3.50. The molecular weight excluding hydrogens is 304 g/mol. The van der Waals surface area contributed by atoms with Gasteiger partial charge in [-0.25, -0.2) is 4.79 Å². The molecule has 0 radical (unpaired) electrons. The van der Waals surface area contributed by atoms with Crippen molar-refractivity contribution < 1.29 is 19.0 Å². The first kappa shape index (κ1) is 17.3. The second kappa shape index (κ2) is 7.56. The summed E-state index contributed by atoms with van der Waals surface area (Å²) in [6, 6.07) is 7.20. The van der Waals surface area contributed by atoms with E-state index < -0.39 is 0 Å². The molecule has 1 aliphatic heterocycles. The Hall–Kier alpha value is -1.55. The van der Waals surface area contributed by atoms with Crippen LogP contribution in [0.15, 0.2) is 24.3 Å². The minimum Gasteiger partial charge on any atom is -0.491 e. The van der Waals surface area contributed by atoms with Gasteiger partial charge in [0.05, 0.1) is 12.2 Å². The Morgan fingerprint density at radius 3 is 2.58 bits per heavy atom. The van der Waals surface area contributed by atoms with Crippen LogP contribution in [0.3, 0.4) is 0 Å². The molecule has 4 atom stereocenters. The Morgan fingerprint density at radius 2 is 1.96 bits per heavy atom. The smallest absolute Gasteiger partial charge is 0.338 e. The summed E-state index contributed by atoms with van der Waals surface area (Å²) < 4.78 is 16.6. The van der Waals surface area contributed by atoms with Crippen molar-refractivity contribution in [2.45, 2.75) is 52.2 Å². The van der Waals surface area contributed by atoms with Crippen LogP contribution < -0.4 is 4.74 Å². The van der Waals surface area contributed by atoms with E-state index in [9.17, 15) is 4.79 Å². The largest absolute Gasteiger partial charge is 0.491 e. The zero-order valence-corrected chi connectivity index (χ0v) is 14.9. The molecule has 1 saturated heterocycles. The van der Waals surface area contributed by atoms with Crippen LogP contribution in [0.25, 0.3) is 0 Å². The number of esters is 1. The minimum atomic E-state index is -0.225. The van der Waals surface area contributed by atoms with Gasteiger partial charge < -0.3 is 14.2 Å². The number of carbonyl (C=O) groups is 1. The van der Waals surface area contributed by atoms with Gasteiger partial charge in [0.15, 0.2) is 0 Å². The van der Waals surface area contributed by atoms with Crippen LogP contribution in [0.1, 0.15) is 50.4 Å². The zero-order chi connectivity index (χ0) is 17.1. The lowest BCUT2D eigenvalue weighted by atomic mass is 9.75. The van der Waals surface area contributed by atoms with E-state index in [1.54, 1.807) is 12.1 Å². The van der Waals surface area contributed by atoms with Crippen molar-refractivity contribution in [2.75, 3.05) is 13.2 Å². The Morgan fingerprint density at radius 1 is 1.25 bits per heavy atom. The number of hydrogen-bond donors (Lipinski definition) is 0. The van der Waals surface area contributed by atoms with E-state index in [0.29, 0.717) is 29.9 Å². The average molecular weight is 332 g/mol. The van der Waals surface area contributed by atoms with Gasteiger partial charge in [0.2, 0.25) is 0 Å². The highest BCUT2D eigenvalue weighted by molar-refractivity contribution is 5.89. The fourth-order valence-electron chi connectivity index (χ4n) is 3.50. The topological polar surface area (TPSA) is 48.1 Å². The van der Waals surface area contributed by atoms with Gasteiger partial charge in [0, 0.05) is 0 Å². The van der Waals surface area contributed by atoms with Gasteiger partial charge in [-0.1, -0.05) is 27.2 Å². The van der Waals surface area contributed by atoms with Crippen LogP contribution in [0.4, 0.5) is 0 Å². The summed E-state index contributed by atoms with van der Waals surface area (Å²) in [7, 11) is 0. The number of hydrogen-bond acceptors (Lipinski definition) is 4. The predicted octanol–water partition coefficient (Wildman–Crippen LogP) is 4.08. The lowest BCUT2D eigenvalue weighted by Gasteiger charge is -2.36. The van der Waals surface area contributed by atoms with E-state index in [2.05, 4.69) is 20.8 Å². The van der Waals surface area contributed by atoms with Gasteiger partial charge in [-0.3, -0.25) is 0 Å². The van der Waals surface area contributed by atoms with Crippen molar-refractivity contribution in [2.24, 2.45) is 17.8 Å². The fraction of sp³-hybridized carbons (Fsp3) is 0.650. The summed E-state index contributed by atoms with van der Waals surface area (Å²) in [6.07, 6.45) is 3.61. The average Bonchev–Trinajstić information content (AvgIpc) is 3.37. The molecule has 1 aromatic carbocycles. The van der Waals surface area contributed by atoms with E-state index in [4.69, 9.17) is 14.2 Å². The van der Waals surface area contributed by atoms with Crippen LogP contribution in [0.2, 0.25) is 0 Å². The molecule has 0 amide bonds. The van der Waals surface area contributed by atoms with Crippen molar-refractivity contribution in [3.63, 3.8) is 0 Å². The van der Waals surface area contributed by atoms with Gasteiger partial charge in [-0.2, -0.15) is 0 Å². The molecule has 0 bridgehead atoms. The molecule has 1 aromatic rings. The van der Waals surface area contributed by atoms with E-state index in [0.717, 1.165) is 25.2 Å². The summed E-state index contributed by atoms with van der Waals surface area (Å²) in [6.45, 7) is 8.03. The Labute approximate surface area is 144 Å². The first-order chi connectivity index (χ1) is 11.5. The highest BCUT2D eigenvalue weighted by Crippen LogP contribution is 2.35. The predicted molar refractivity (Wildman–Crippen MR) is 92.2 cm³/mol. The molecule has 1 unspecified atom stereocenters. The number of ether oxygens (including phenoxy) is 3. The minimum absolute atomic E-state index is 0.0317. The van der Waals surface area contributed by atoms with Crippen LogP contribution in [-0.2, 0) is 9.47 Å². The maximum absolute atomic E-state index is 12.5. The molecule has 1 aliphatic carbocycles. The summed E-state index contributed by atoms with van der Waals surface area (Å²) >= 11 is 0. The van der Waals surface area contributed by atoms with Crippen LogP contribution in [-0.4, -0.2) is 31.4 Å². The maximum Gasteiger partial charge on any atom is 0.338 e. The second-order valence-electron chi connectivity index (χ2n) is 7.56. The van der Waals surface area contributed by atoms with Gasteiger partial charge in [0.25, 0.3) is 0 Å². The zero-order valence-electron chi connectivity index (χ0n) is 14.9. The van der Waals surface area contributed by atoms with Crippen LogP contribution in [0, 0.1) is 17.8 Å². The number of carbonyl (C=O) groups excluding carboxylic acids is 1. The molecule has 1 saturated carbocycles. The Kier molecular flexibility index (Phi) is 5.44. The van der Waals surface area contributed by atoms with E-state index in [1.165, 1.54) is 6.42 Å². The molecular formula is C20H28O4. The standard InChI is InChI=1S/C20H28O4/c1-13(2)18-9-4-14(3)10-19(18)24-20(21)15-5-7-16(8-6-15)22-11-17-12-23-17/h5-8,13-14,17-19H,4,9-12H2,1-3H3/t14-,17?,18+,19-/m1/s1. The van der Waals surface area contributed by atoms with Gasteiger partial charge in [0.1, 0.15) is 24.6 Å². The van der Waals surface area contributed by atoms with E-state index >= 15 is 0 Å². The van der Waals surface area contributed by atoms with Crippen molar-refractivity contribution in [3.8, 4) is 5.75 Å². The molecule has 132 valence electrons. The highest BCUT2D eigenvalue weighted by atomic mass is 16.6. The second-order valence-corrected chi connectivity index (χ2v) is 7.56. The summed E-state index contributed by atoms with van der Waals surface area (Å²) in [4.78, 5) is 12.5. The third-order valence-corrected chi connectivity index (χ3v) is 5.15. The first-order valence-electron chi connectivity index (χ1n) is 9.08. The number of epoxide rings is 1. The Bertz CT molecular complexity index is 547. The van der Waals surface area contributed by atoms with Crippen LogP contribution in [0.5, 0.6) is 5.75 Å². The quantitative estimate of drug-likeness (QED) is 0.582. The summed E-state index contributed by atoms with van der Waals surface area (Å²) in [5.74, 6) is 2.16. The molecule has 0 N–H and O–H groups in total. The molecule has 2 fully saturated rings.